The van der Waals surface area contributed by atoms with Gasteiger partial charge < -0.3 is 15.5 Å². The van der Waals surface area contributed by atoms with Crippen LogP contribution in [-0.4, -0.2) is 29.4 Å². The van der Waals surface area contributed by atoms with Crippen molar-refractivity contribution < 1.29 is 10.2 Å². The van der Waals surface area contributed by atoms with Gasteiger partial charge in [0.1, 0.15) is 0 Å². The zero-order valence-electron chi connectivity index (χ0n) is 9.64. The van der Waals surface area contributed by atoms with Gasteiger partial charge in [0.05, 0.1) is 12.2 Å². The summed E-state index contributed by atoms with van der Waals surface area (Å²) >= 11 is 5.98. The third kappa shape index (κ3) is 3.68. The summed E-state index contributed by atoms with van der Waals surface area (Å²) in [7, 11) is 0. The standard InChI is InChI=1S/C13H18ClNO2/c14-11-4-2-1-3-10(11)13(17)8-15-7-12(16)9-5-6-9/h1-4,9,12-13,15-17H,5-8H2. The molecule has 0 aliphatic heterocycles. The van der Waals surface area contributed by atoms with Gasteiger partial charge in [-0.3, -0.25) is 0 Å². The van der Waals surface area contributed by atoms with Crippen molar-refractivity contribution in [3.63, 3.8) is 0 Å². The first-order chi connectivity index (χ1) is 8.18. The lowest BCUT2D eigenvalue weighted by Crippen LogP contribution is -2.31. The fourth-order valence-corrected chi connectivity index (χ4v) is 2.13. The second-order valence-corrected chi connectivity index (χ2v) is 5.01. The summed E-state index contributed by atoms with van der Waals surface area (Å²) in [6.45, 7) is 0.944. The minimum Gasteiger partial charge on any atom is -0.392 e. The first kappa shape index (κ1) is 12.8. The van der Waals surface area contributed by atoms with Crippen LogP contribution in [0.5, 0.6) is 0 Å². The topological polar surface area (TPSA) is 52.5 Å². The van der Waals surface area contributed by atoms with E-state index in [1.165, 1.54) is 0 Å². The molecule has 1 aromatic carbocycles. The maximum Gasteiger partial charge on any atom is 0.0928 e. The van der Waals surface area contributed by atoms with Gasteiger partial charge in [-0.05, 0) is 24.8 Å². The highest BCUT2D eigenvalue weighted by atomic mass is 35.5. The highest BCUT2D eigenvalue weighted by Gasteiger charge is 2.29. The molecule has 2 rings (SSSR count). The van der Waals surface area contributed by atoms with Gasteiger partial charge >= 0.3 is 0 Å². The molecule has 4 heteroatoms. The van der Waals surface area contributed by atoms with Gasteiger partial charge in [-0.25, -0.2) is 0 Å². The Bertz CT molecular complexity index is 368. The van der Waals surface area contributed by atoms with Gasteiger partial charge in [-0.15, -0.1) is 0 Å². The summed E-state index contributed by atoms with van der Waals surface area (Å²) in [5.74, 6) is 0.458. The third-order valence-electron chi connectivity index (χ3n) is 3.12. The van der Waals surface area contributed by atoms with E-state index in [-0.39, 0.29) is 6.10 Å². The second kappa shape index (κ2) is 5.83. The molecule has 2 unspecified atom stereocenters. The van der Waals surface area contributed by atoms with Crippen LogP contribution in [0.2, 0.25) is 5.02 Å². The molecule has 1 fully saturated rings. The Labute approximate surface area is 106 Å². The van der Waals surface area contributed by atoms with Crippen molar-refractivity contribution in [2.24, 2.45) is 5.92 Å². The van der Waals surface area contributed by atoms with Crippen LogP contribution >= 0.6 is 11.6 Å². The summed E-state index contributed by atoms with van der Waals surface area (Å²) in [4.78, 5) is 0. The van der Waals surface area contributed by atoms with Crippen molar-refractivity contribution in [3.8, 4) is 0 Å². The first-order valence-electron chi connectivity index (χ1n) is 5.99. The number of hydrogen-bond acceptors (Lipinski definition) is 3. The average molecular weight is 256 g/mol. The van der Waals surface area contributed by atoms with Gasteiger partial charge in [0, 0.05) is 23.7 Å². The Balaban J connectivity index is 1.76. The molecule has 3 nitrogen and oxygen atoms in total. The molecule has 0 radical (unpaired) electrons. The molecule has 1 aliphatic carbocycles. The molecule has 17 heavy (non-hydrogen) atoms. The predicted octanol–water partition coefficient (Wildman–Crippen LogP) is 1.73. The minimum absolute atomic E-state index is 0.284. The maximum atomic E-state index is 9.94. The van der Waals surface area contributed by atoms with Crippen molar-refractivity contribution in [1.29, 1.82) is 0 Å². The van der Waals surface area contributed by atoms with Crippen LogP contribution < -0.4 is 5.32 Å². The summed E-state index contributed by atoms with van der Waals surface area (Å²) in [6.07, 6.45) is 1.33. The van der Waals surface area contributed by atoms with Crippen LogP contribution in [0, 0.1) is 5.92 Å². The van der Waals surface area contributed by atoms with Gasteiger partial charge in [-0.2, -0.15) is 0 Å². The van der Waals surface area contributed by atoms with E-state index in [1.807, 2.05) is 18.2 Å². The van der Waals surface area contributed by atoms with Gasteiger partial charge in [0.25, 0.3) is 0 Å². The third-order valence-corrected chi connectivity index (χ3v) is 3.47. The molecule has 0 bridgehead atoms. The molecular formula is C13H18ClNO2. The molecule has 0 spiro atoms. The van der Waals surface area contributed by atoms with Gasteiger partial charge in [0.15, 0.2) is 0 Å². The van der Waals surface area contributed by atoms with Crippen molar-refractivity contribution in [2.75, 3.05) is 13.1 Å². The molecule has 0 aromatic heterocycles. The predicted molar refractivity (Wildman–Crippen MR) is 68.0 cm³/mol. The zero-order chi connectivity index (χ0) is 12.3. The van der Waals surface area contributed by atoms with E-state index in [9.17, 15) is 10.2 Å². The molecule has 0 amide bonds. The summed E-state index contributed by atoms with van der Waals surface area (Å²) in [5, 5.41) is 23.2. The summed E-state index contributed by atoms with van der Waals surface area (Å²) in [6, 6.07) is 7.26. The van der Waals surface area contributed by atoms with Crippen molar-refractivity contribution in [1.82, 2.24) is 5.32 Å². The van der Waals surface area contributed by atoms with Gasteiger partial charge in [-0.1, -0.05) is 29.8 Å². The van der Waals surface area contributed by atoms with Crippen LogP contribution in [0.4, 0.5) is 0 Å². The van der Waals surface area contributed by atoms with E-state index in [2.05, 4.69) is 5.32 Å². The summed E-state index contributed by atoms with van der Waals surface area (Å²) in [5.41, 5.74) is 0.725. The highest BCUT2D eigenvalue weighted by molar-refractivity contribution is 6.31. The maximum absolute atomic E-state index is 9.94. The lowest BCUT2D eigenvalue weighted by atomic mass is 10.1. The van der Waals surface area contributed by atoms with E-state index in [1.54, 1.807) is 6.07 Å². The molecule has 3 N–H and O–H groups in total. The monoisotopic (exact) mass is 255 g/mol. The summed E-state index contributed by atoms with van der Waals surface area (Å²) < 4.78 is 0. The van der Waals surface area contributed by atoms with E-state index < -0.39 is 6.10 Å². The quantitative estimate of drug-likeness (QED) is 0.726. The zero-order valence-corrected chi connectivity index (χ0v) is 10.4. The van der Waals surface area contributed by atoms with Crippen LogP contribution in [0.15, 0.2) is 24.3 Å². The number of rotatable bonds is 6. The number of nitrogens with one attached hydrogen (secondary N) is 1. The highest BCUT2D eigenvalue weighted by Crippen LogP contribution is 2.32. The van der Waals surface area contributed by atoms with E-state index >= 15 is 0 Å². The van der Waals surface area contributed by atoms with E-state index in [0.29, 0.717) is 24.0 Å². The van der Waals surface area contributed by atoms with Crippen LogP contribution in [0.1, 0.15) is 24.5 Å². The van der Waals surface area contributed by atoms with Crippen molar-refractivity contribution >= 4 is 11.6 Å². The lowest BCUT2D eigenvalue weighted by Gasteiger charge is -2.15. The molecule has 1 saturated carbocycles. The number of aliphatic hydroxyl groups excluding tert-OH is 2. The Morgan fingerprint density at radius 3 is 2.59 bits per heavy atom. The molecular weight excluding hydrogens is 238 g/mol. The SMILES string of the molecule is OC(CNCC(O)C1CC1)c1ccccc1Cl. The first-order valence-corrected chi connectivity index (χ1v) is 6.37. The minimum atomic E-state index is -0.630. The van der Waals surface area contributed by atoms with E-state index in [0.717, 1.165) is 18.4 Å². The fourth-order valence-electron chi connectivity index (χ4n) is 1.87. The Kier molecular flexibility index (Phi) is 4.40. The second-order valence-electron chi connectivity index (χ2n) is 4.60. The Morgan fingerprint density at radius 2 is 1.94 bits per heavy atom. The lowest BCUT2D eigenvalue weighted by molar-refractivity contribution is 0.132. The number of aliphatic hydroxyl groups is 2. The van der Waals surface area contributed by atoms with Crippen LogP contribution in [0.3, 0.4) is 0 Å². The Morgan fingerprint density at radius 1 is 1.24 bits per heavy atom. The molecule has 1 aliphatic rings. The molecule has 0 saturated heterocycles. The average Bonchev–Trinajstić information content (AvgIpc) is 3.13. The molecule has 0 heterocycles. The van der Waals surface area contributed by atoms with Gasteiger partial charge in [0.2, 0.25) is 0 Å². The van der Waals surface area contributed by atoms with Crippen LogP contribution in [-0.2, 0) is 0 Å². The fraction of sp³-hybridized carbons (Fsp3) is 0.538. The van der Waals surface area contributed by atoms with Crippen molar-refractivity contribution in [2.45, 2.75) is 25.0 Å². The number of halogens is 1. The molecule has 2 atom stereocenters. The molecule has 94 valence electrons. The van der Waals surface area contributed by atoms with E-state index in [4.69, 9.17) is 11.6 Å². The molecule has 1 aromatic rings. The Hall–Kier alpha value is -0.610. The smallest absolute Gasteiger partial charge is 0.0928 e. The number of benzene rings is 1. The number of hydrogen-bond donors (Lipinski definition) is 3. The normalized spacial score (nSPS) is 19.0. The largest absolute Gasteiger partial charge is 0.392 e. The van der Waals surface area contributed by atoms with Crippen molar-refractivity contribution in [3.05, 3.63) is 34.9 Å². The van der Waals surface area contributed by atoms with Crippen LogP contribution in [0.25, 0.3) is 0 Å².